The SMILES string of the molecule is NC(=O)CCC(NC(=O)C(N)CS)C(=O)NC(Cc1ccc(O)cc1)C(=O)NC(Cc1ccc(O)cc1)C(=O)O. The molecule has 10 N–H and O–H groups in total. The summed E-state index contributed by atoms with van der Waals surface area (Å²) in [4.78, 5) is 62.1. The van der Waals surface area contributed by atoms with Gasteiger partial charge in [-0.05, 0) is 41.8 Å². The van der Waals surface area contributed by atoms with Crippen molar-refractivity contribution < 1.29 is 39.3 Å². The summed E-state index contributed by atoms with van der Waals surface area (Å²) in [6.07, 6.45) is -0.647. The molecule has 40 heavy (non-hydrogen) atoms. The second-order valence-corrected chi connectivity index (χ2v) is 9.42. The zero-order valence-corrected chi connectivity index (χ0v) is 22.3. The van der Waals surface area contributed by atoms with Crippen molar-refractivity contribution in [2.24, 2.45) is 11.5 Å². The summed E-state index contributed by atoms with van der Waals surface area (Å²) >= 11 is 3.96. The van der Waals surface area contributed by atoms with Crippen LogP contribution in [0.2, 0.25) is 0 Å². The van der Waals surface area contributed by atoms with Gasteiger partial charge in [0.1, 0.15) is 29.6 Å². The molecular weight excluding hydrogens is 542 g/mol. The predicted molar refractivity (Wildman–Crippen MR) is 147 cm³/mol. The topological polar surface area (TPSA) is 234 Å². The second kappa shape index (κ2) is 15.3. The first kappa shape index (κ1) is 31.9. The molecule has 2 aromatic carbocycles. The number of carbonyl (C=O) groups is 5. The summed E-state index contributed by atoms with van der Waals surface area (Å²) in [6.45, 7) is 0. The third-order valence-electron chi connectivity index (χ3n) is 5.85. The highest BCUT2D eigenvalue weighted by Crippen LogP contribution is 2.14. The third-order valence-corrected chi connectivity index (χ3v) is 6.24. The molecule has 14 heteroatoms. The quantitative estimate of drug-likeness (QED) is 0.118. The van der Waals surface area contributed by atoms with Crippen LogP contribution in [-0.2, 0) is 36.8 Å². The molecule has 0 saturated heterocycles. The van der Waals surface area contributed by atoms with Gasteiger partial charge in [0.05, 0.1) is 6.04 Å². The molecule has 4 amide bonds. The molecular formula is C26H33N5O8S. The summed E-state index contributed by atoms with van der Waals surface area (Å²) < 4.78 is 0. The van der Waals surface area contributed by atoms with Crippen LogP contribution in [0.3, 0.4) is 0 Å². The van der Waals surface area contributed by atoms with E-state index in [1.807, 2.05) is 0 Å². The van der Waals surface area contributed by atoms with Crippen LogP contribution in [0.4, 0.5) is 0 Å². The molecule has 0 aromatic heterocycles. The van der Waals surface area contributed by atoms with Gasteiger partial charge in [0.15, 0.2) is 0 Å². The Bertz CT molecular complexity index is 1190. The Morgan fingerprint density at radius 2 is 1.15 bits per heavy atom. The molecule has 0 spiro atoms. The number of carboxylic acid groups (broad SMARTS) is 1. The Hall–Kier alpha value is -4.30. The van der Waals surface area contributed by atoms with E-state index in [1.54, 1.807) is 0 Å². The first-order valence-corrected chi connectivity index (χ1v) is 12.9. The van der Waals surface area contributed by atoms with E-state index in [9.17, 15) is 39.3 Å². The molecule has 4 atom stereocenters. The van der Waals surface area contributed by atoms with E-state index in [-0.39, 0.29) is 42.9 Å². The van der Waals surface area contributed by atoms with E-state index in [0.29, 0.717) is 11.1 Å². The number of hydrogen-bond acceptors (Lipinski definition) is 9. The van der Waals surface area contributed by atoms with Crippen LogP contribution >= 0.6 is 12.6 Å². The molecule has 0 aliphatic carbocycles. The minimum absolute atomic E-state index is 0.00959. The van der Waals surface area contributed by atoms with Gasteiger partial charge in [-0.15, -0.1) is 0 Å². The molecule has 0 aliphatic rings. The number of phenols is 2. The lowest BCUT2D eigenvalue weighted by Crippen LogP contribution is -2.58. The monoisotopic (exact) mass is 575 g/mol. The number of benzene rings is 2. The molecule has 0 saturated carbocycles. The molecule has 0 bridgehead atoms. The van der Waals surface area contributed by atoms with Crippen molar-refractivity contribution in [2.45, 2.75) is 49.9 Å². The van der Waals surface area contributed by atoms with E-state index in [2.05, 4.69) is 28.6 Å². The fraction of sp³-hybridized carbons (Fsp3) is 0.346. The summed E-state index contributed by atoms with van der Waals surface area (Å²) in [5.74, 6) is -4.47. The Morgan fingerprint density at radius 1 is 0.725 bits per heavy atom. The smallest absolute Gasteiger partial charge is 0.326 e. The number of nitrogens with one attached hydrogen (secondary N) is 3. The van der Waals surface area contributed by atoms with Crippen molar-refractivity contribution in [3.63, 3.8) is 0 Å². The number of aromatic hydroxyl groups is 2. The van der Waals surface area contributed by atoms with Crippen LogP contribution in [0.25, 0.3) is 0 Å². The highest BCUT2D eigenvalue weighted by molar-refractivity contribution is 7.80. The number of thiol groups is 1. The van der Waals surface area contributed by atoms with Gasteiger partial charge in [0.2, 0.25) is 23.6 Å². The fourth-order valence-electron chi connectivity index (χ4n) is 3.61. The zero-order chi connectivity index (χ0) is 29.8. The Balaban J connectivity index is 2.28. The number of amides is 4. The predicted octanol–water partition coefficient (Wildman–Crippen LogP) is -1.06. The first-order valence-electron chi connectivity index (χ1n) is 12.2. The number of rotatable bonds is 15. The molecule has 4 unspecified atom stereocenters. The summed E-state index contributed by atoms with van der Waals surface area (Å²) in [6, 6.07) is 6.55. The first-order chi connectivity index (χ1) is 18.9. The van der Waals surface area contributed by atoms with Gasteiger partial charge in [-0.25, -0.2) is 4.79 Å². The second-order valence-electron chi connectivity index (χ2n) is 9.06. The summed E-state index contributed by atoms with van der Waals surface area (Å²) in [7, 11) is 0. The van der Waals surface area contributed by atoms with Crippen molar-refractivity contribution in [2.75, 3.05) is 5.75 Å². The molecule has 13 nitrogen and oxygen atoms in total. The number of phenolic OH excluding ortho intramolecular Hbond substituents is 2. The molecule has 0 radical (unpaired) electrons. The molecule has 2 rings (SSSR count). The zero-order valence-electron chi connectivity index (χ0n) is 21.4. The van der Waals surface area contributed by atoms with Gasteiger partial charge < -0.3 is 42.7 Å². The number of aliphatic carboxylic acids is 1. The lowest BCUT2D eigenvalue weighted by molar-refractivity contribution is -0.142. The van der Waals surface area contributed by atoms with Gasteiger partial charge in [-0.3, -0.25) is 19.2 Å². The maximum atomic E-state index is 13.3. The molecule has 0 aliphatic heterocycles. The van der Waals surface area contributed by atoms with Crippen LogP contribution in [-0.4, -0.2) is 74.8 Å². The molecule has 216 valence electrons. The molecule has 0 heterocycles. The Labute approximate surface area is 235 Å². The van der Waals surface area contributed by atoms with Crippen molar-refractivity contribution in [3.8, 4) is 11.5 Å². The standard InChI is InChI=1S/C26H33N5O8S/c27-18(13-40)23(35)29-19(9-10-22(28)34)24(36)30-20(11-14-1-5-16(32)6-2-14)25(37)31-21(26(38)39)12-15-3-7-17(33)8-4-15/h1-8,18-21,32-33,40H,9-13,27H2,(H2,28,34)(H,29,35)(H,30,36)(H,31,37)(H,38,39). The van der Waals surface area contributed by atoms with Crippen molar-refractivity contribution in [1.82, 2.24) is 16.0 Å². The average Bonchev–Trinajstić information content (AvgIpc) is 2.91. The van der Waals surface area contributed by atoms with Crippen molar-refractivity contribution >= 4 is 42.2 Å². The maximum Gasteiger partial charge on any atom is 0.326 e. The number of hydrogen-bond donors (Lipinski definition) is 9. The maximum absolute atomic E-state index is 13.3. The number of carbonyl (C=O) groups excluding carboxylic acids is 4. The summed E-state index contributed by atoms with van der Waals surface area (Å²) in [5.41, 5.74) is 11.9. The highest BCUT2D eigenvalue weighted by Gasteiger charge is 2.30. The molecule has 2 aromatic rings. The van der Waals surface area contributed by atoms with Crippen LogP contribution in [0.15, 0.2) is 48.5 Å². The largest absolute Gasteiger partial charge is 0.508 e. The minimum Gasteiger partial charge on any atom is -0.508 e. The van der Waals surface area contributed by atoms with Gasteiger partial charge in [0, 0.05) is 25.0 Å². The van der Waals surface area contributed by atoms with Crippen LogP contribution in [0.1, 0.15) is 24.0 Å². The molecule has 0 fully saturated rings. The number of nitrogens with two attached hydrogens (primary N) is 2. The fourth-order valence-corrected chi connectivity index (χ4v) is 3.77. The van der Waals surface area contributed by atoms with E-state index in [1.165, 1.54) is 48.5 Å². The van der Waals surface area contributed by atoms with Crippen LogP contribution in [0.5, 0.6) is 11.5 Å². The van der Waals surface area contributed by atoms with Gasteiger partial charge in [0.25, 0.3) is 0 Å². The van der Waals surface area contributed by atoms with Gasteiger partial charge in [-0.2, -0.15) is 12.6 Å². The van der Waals surface area contributed by atoms with Gasteiger partial charge in [-0.1, -0.05) is 24.3 Å². The van der Waals surface area contributed by atoms with Crippen LogP contribution < -0.4 is 27.4 Å². The van der Waals surface area contributed by atoms with E-state index < -0.39 is 53.8 Å². The number of primary amides is 1. The van der Waals surface area contributed by atoms with Crippen LogP contribution in [0, 0.1) is 0 Å². The Kier molecular flexibility index (Phi) is 12.2. The minimum atomic E-state index is -1.38. The van der Waals surface area contributed by atoms with Crippen molar-refractivity contribution in [3.05, 3.63) is 59.7 Å². The number of carboxylic acids is 1. The van der Waals surface area contributed by atoms with Crippen molar-refractivity contribution in [1.29, 1.82) is 0 Å². The third kappa shape index (κ3) is 10.5. The Morgan fingerprint density at radius 3 is 1.60 bits per heavy atom. The van der Waals surface area contributed by atoms with E-state index in [4.69, 9.17) is 11.5 Å². The summed E-state index contributed by atoms with van der Waals surface area (Å²) in [5, 5.41) is 36.1. The highest BCUT2D eigenvalue weighted by atomic mass is 32.1. The normalized spacial score (nSPS) is 13.8. The average molecular weight is 576 g/mol. The lowest BCUT2D eigenvalue weighted by atomic mass is 10.0. The lowest BCUT2D eigenvalue weighted by Gasteiger charge is -2.25. The van der Waals surface area contributed by atoms with Gasteiger partial charge >= 0.3 is 5.97 Å². The van der Waals surface area contributed by atoms with E-state index >= 15 is 0 Å². The van der Waals surface area contributed by atoms with E-state index in [0.717, 1.165) is 0 Å².